The third-order valence-corrected chi connectivity index (χ3v) is 6.43. The topological polar surface area (TPSA) is 113 Å². The van der Waals surface area contributed by atoms with E-state index in [0.29, 0.717) is 22.2 Å². The van der Waals surface area contributed by atoms with Crippen LogP contribution in [-0.2, 0) is 10.3 Å². The van der Waals surface area contributed by atoms with E-state index in [-0.39, 0.29) is 30.2 Å². The lowest BCUT2D eigenvalue weighted by Gasteiger charge is -2.46. The van der Waals surface area contributed by atoms with Crippen molar-refractivity contribution in [3.05, 3.63) is 59.2 Å². The highest BCUT2D eigenvalue weighted by Gasteiger charge is 2.49. The zero-order chi connectivity index (χ0) is 22.0. The molecular weight excluding hydrogens is 424 g/mol. The minimum Gasteiger partial charge on any atom is -0.379 e. The van der Waals surface area contributed by atoms with Crippen LogP contribution in [0, 0.1) is 23.1 Å². The normalized spacial score (nSPS) is 25.1. The number of nitrogens with zero attached hydrogens (tertiary/aromatic N) is 3. The van der Waals surface area contributed by atoms with Gasteiger partial charge < -0.3 is 15.8 Å². The van der Waals surface area contributed by atoms with Gasteiger partial charge in [-0.25, -0.2) is 13.8 Å². The van der Waals surface area contributed by atoms with Gasteiger partial charge in [0.1, 0.15) is 24.3 Å². The van der Waals surface area contributed by atoms with Crippen molar-refractivity contribution in [2.75, 3.05) is 24.4 Å². The van der Waals surface area contributed by atoms with Crippen molar-refractivity contribution in [3.8, 4) is 6.07 Å². The number of amides is 1. The van der Waals surface area contributed by atoms with Gasteiger partial charge in [0.2, 0.25) is 0 Å². The summed E-state index contributed by atoms with van der Waals surface area (Å²) in [7, 11) is 0. The molecule has 1 unspecified atom stereocenters. The fourth-order valence-corrected chi connectivity index (χ4v) is 4.89. The lowest BCUT2D eigenvalue weighted by molar-refractivity contribution is -0.0620. The number of carbonyl (C=O) groups excluding carboxylic acids is 1. The number of aromatic nitrogens is 1. The Bertz CT molecular complexity index is 1070. The number of nitrogens with two attached hydrogens (primary N) is 1. The second-order valence-corrected chi connectivity index (χ2v) is 8.43. The van der Waals surface area contributed by atoms with Gasteiger partial charge in [-0.1, -0.05) is 11.8 Å². The molecule has 3 heterocycles. The van der Waals surface area contributed by atoms with Gasteiger partial charge in [0.15, 0.2) is 5.17 Å². The molecule has 3 atom stereocenters. The molecule has 1 amide bonds. The van der Waals surface area contributed by atoms with Gasteiger partial charge in [-0.3, -0.25) is 9.79 Å². The van der Waals surface area contributed by atoms with E-state index in [9.17, 15) is 9.18 Å². The van der Waals surface area contributed by atoms with E-state index in [4.69, 9.17) is 15.7 Å². The van der Waals surface area contributed by atoms with Gasteiger partial charge >= 0.3 is 0 Å². The fourth-order valence-electron chi connectivity index (χ4n) is 3.91. The highest BCUT2D eigenvalue weighted by atomic mass is 32.2. The monoisotopic (exact) mass is 443 g/mol. The molecule has 1 aromatic carbocycles. The summed E-state index contributed by atoms with van der Waals surface area (Å²) >= 11 is 1.36. The van der Waals surface area contributed by atoms with Crippen LogP contribution in [0.1, 0.15) is 28.0 Å². The van der Waals surface area contributed by atoms with Gasteiger partial charge in [-0.05, 0) is 30.3 Å². The first kappa shape index (κ1) is 21.2. The molecule has 4 rings (SSSR count). The first-order chi connectivity index (χ1) is 14.9. The van der Waals surface area contributed by atoms with Crippen LogP contribution in [-0.4, -0.2) is 41.2 Å². The first-order valence-corrected chi connectivity index (χ1v) is 10.6. The quantitative estimate of drug-likeness (QED) is 0.751. The van der Waals surface area contributed by atoms with Crippen LogP contribution in [0.4, 0.5) is 14.5 Å². The fraction of sp³-hybridized carbons (Fsp3) is 0.333. The average Bonchev–Trinajstić information content (AvgIpc) is 2.79. The number of nitrogens with one attached hydrogen (secondary N) is 1. The van der Waals surface area contributed by atoms with Crippen molar-refractivity contribution in [1.82, 2.24) is 4.98 Å². The number of anilines is 1. The van der Waals surface area contributed by atoms with Crippen molar-refractivity contribution in [2.24, 2.45) is 16.6 Å². The van der Waals surface area contributed by atoms with Crippen molar-refractivity contribution in [3.63, 3.8) is 0 Å². The molecule has 2 aliphatic rings. The molecule has 2 aromatic rings. The number of hydrogen-bond donors (Lipinski definition) is 2. The summed E-state index contributed by atoms with van der Waals surface area (Å²) in [5.41, 5.74) is 5.94. The van der Waals surface area contributed by atoms with E-state index in [2.05, 4.69) is 15.3 Å². The number of aliphatic imine (C=N–C) groups is 1. The van der Waals surface area contributed by atoms with Crippen LogP contribution in [0.5, 0.6) is 0 Å². The third kappa shape index (κ3) is 4.11. The summed E-state index contributed by atoms with van der Waals surface area (Å²) in [5.74, 6) is -0.637. The van der Waals surface area contributed by atoms with E-state index in [1.165, 1.54) is 48.3 Å². The number of alkyl halides is 1. The third-order valence-electron chi connectivity index (χ3n) is 5.48. The lowest BCUT2D eigenvalue weighted by atomic mass is 9.73. The number of fused-ring (bicyclic) bond motifs is 1. The molecule has 0 aliphatic carbocycles. The van der Waals surface area contributed by atoms with E-state index < -0.39 is 30.0 Å². The Balaban J connectivity index is 1.68. The molecule has 3 N–H and O–H groups in total. The largest absolute Gasteiger partial charge is 0.379 e. The number of pyridine rings is 1. The van der Waals surface area contributed by atoms with Crippen LogP contribution in [0.15, 0.2) is 41.5 Å². The standard InChI is InChI=1S/C21H19F2N5O2S/c22-7-15-6-21(13(10-30-15)11-31-20(25)28-21)16-5-14(2-3-17(16)23)27-19(29)18-4-1-12(8-24)9-26-18/h1-5,9,13,15H,6-7,10-11H2,(H2,25,28)(H,27,29)/t13-,15+,21?/m0/s1. The Hall–Kier alpha value is -3.03. The molecule has 7 nitrogen and oxygen atoms in total. The molecule has 1 aromatic heterocycles. The van der Waals surface area contributed by atoms with E-state index in [1.807, 2.05) is 6.07 Å². The summed E-state index contributed by atoms with van der Waals surface area (Å²) in [6, 6.07) is 9.04. The maximum absolute atomic E-state index is 15.0. The predicted molar refractivity (Wildman–Crippen MR) is 113 cm³/mol. The zero-order valence-electron chi connectivity index (χ0n) is 16.3. The van der Waals surface area contributed by atoms with E-state index in [1.54, 1.807) is 0 Å². The Kier molecular flexibility index (Phi) is 5.89. The summed E-state index contributed by atoms with van der Waals surface area (Å²) in [6.45, 7) is -0.469. The number of benzene rings is 1. The molecule has 0 saturated carbocycles. The maximum atomic E-state index is 15.0. The number of amidine groups is 1. The summed E-state index contributed by atoms with van der Waals surface area (Å²) < 4.78 is 34.0. The maximum Gasteiger partial charge on any atom is 0.274 e. The molecule has 1 saturated heterocycles. The van der Waals surface area contributed by atoms with Crippen LogP contribution in [0.3, 0.4) is 0 Å². The number of thioether (sulfide) groups is 1. The number of hydrogen-bond acceptors (Lipinski definition) is 7. The average molecular weight is 443 g/mol. The Morgan fingerprint density at radius 1 is 1.42 bits per heavy atom. The Morgan fingerprint density at radius 3 is 2.97 bits per heavy atom. The SMILES string of the molecule is N#Cc1ccc(C(=O)Nc2ccc(F)c(C34C[C@H](CF)OC[C@H]3CSC(N)=N4)c2)nc1. The number of nitriles is 1. The molecule has 160 valence electrons. The smallest absolute Gasteiger partial charge is 0.274 e. The predicted octanol–water partition coefficient (Wildman–Crippen LogP) is 2.98. The zero-order valence-corrected chi connectivity index (χ0v) is 17.2. The van der Waals surface area contributed by atoms with Crippen LogP contribution in [0.2, 0.25) is 0 Å². The number of carbonyl (C=O) groups is 1. The highest BCUT2D eigenvalue weighted by molar-refractivity contribution is 8.13. The summed E-state index contributed by atoms with van der Waals surface area (Å²) in [6.07, 6.45) is 0.739. The second kappa shape index (κ2) is 8.61. The molecule has 0 bridgehead atoms. The first-order valence-electron chi connectivity index (χ1n) is 9.58. The lowest BCUT2D eigenvalue weighted by Crippen LogP contribution is -2.50. The van der Waals surface area contributed by atoms with Gasteiger partial charge in [0.25, 0.3) is 5.91 Å². The molecule has 0 radical (unpaired) electrons. The molecule has 31 heavy (non-hydrogen) atoms. The van der Waals surface area contributed by atoms with Crippen molar-refractivity contribution in [1.29, 1.82) is 5.26 Å². The van der Waals surface area contributed by atoms with E-state index >= 15 is 4.39 Å². The summed E-state index contributed by atoms with van der Waals surface area (Å²) in [4.78, 5) is 21.1. The highest BCUT2D eigenvalue weighted by Crippen LogP contribution is 2.48. The van der Waals surface area contributed by atoms with Crippen LogP contribution >= 0.6 is 11.8 Å². The Morgan fingerprint density at radius 2 is 2.26 bits per heavy atom. The number of halogens is 2. The molecule has 0 spiro atoms. The minimum atomic E-state index is -1.07. The molecule has 10 heteroatoms. The van der Waals surface area contributed by atoms with Crippen molar-refractivity contribution >= 4 is 28.5 Å². The number of rotatable bonds is 4. The van der Waals surface area contributed by atoms with Crippen LogP contribution in [0.25, 0.3) is 0 Å². The Labute approximate surface area is 181 Å². The van der Waals surface area contributed by atoms with Gasteiger partial charge in [0, 0.05) is 35.5 Å². The van der Waals surface area contributed by atoms with Gasteiger partial charge in [-0.15, -0.1) is 0 Å². The van der Waals surface area contributed by atoms with Gasteiger partial charge in [0.05, 0.1) is 23.8 Å². The molecular formula is C21H19F2N5O2S. The van der Waals surface area contributed by atoms with Crippen LogP contribution < -0.4 is 11.1 Å². The second-order valence-electron chi connectivity index (χ2n) is 7.39. The molecule has 2 aliphatic heterocycles. The van der Waals surface area contributed by atoms with Crippen molar-refractivity contribution < 1.29 is 18.3 Å². The van der Waals surface area contributed by atoms with E-state index in [0.717, 1.165) is 0 Å². The summed E-state index contributed by atoms with van der Waals surface area (Å²) in [5, 5.41) is 11.9. The van der Waals surface area contributed by atoms with Crippen molar-refractivity contribution in [2.45, 2.75) is 18.1 Å². The minimum absolute atomic E-state index is 0.112. The van der Waals surface area contributed by atoms with Gasteiger partial charge in [-0.2, -0.15) is 5.26 Å². The molecule has 1 fully saturated rings. The number of ether oxygens (including phenoxy) is 1.